The summed E-state index contributed by atoms with van der Waals surface area (Å²) in [6, 6.07) is 5.47. The maximum Gasteiger partial charge on any atom is 0.326 e. The zero-order chi connectivity index (χ0) is 17.0. The summed E-state index contributed by atoms with van der Waals surface area (Å²) in [5.74, 6) is -1.48. The van der Waals surface area contributed by atoms with Gasteiger partial charge in [-0.2, -0.15) is 0 Å². The van der Waals surface area contributed by atoms with E-state index in [9.17, 15) is 14.4 Å². The first-order valence-corrected chi connectivity index (χ1v) is 7.90. The van der Waals surface area contributed by atoms with Gasteiger partial charge in [-0.3, -0.25) is 9.59 Å². The van der Waals surface area contributed by atoms with Crippen LogP contribution in [-0.4, -0.2) is 46.9 Å². The number of carbonyl (C=O) groups is 3. The van der Waals surface area contributed by atoms with Crippen LogP contribution >= 0.6 is 0 Å². The van der Waals surface area contributed by atoms with Crippen molar-refractivity contribution in [1.82, 2.24) is 10.2 Å². The zero-order valence-electron chi connectivity index (χ0n) is 13.4. The Morgan fingerprint density at radius 1 is 1.13 bits per heavy atom. The highest BCUT2D eigenvalue weighted by molar-refractivity contribution is 5.99. The van der Waals surface area contributed by atoms with Crippen LogP contribution in [0.25, 0.3) is 0 Å². The Bertz CT molecular complexity index is 589. The number of hydrogen-bond donors (Lipinski definition) is 2. The van der Waals surface area contributed by atoms with Gasteiger partial charge in [-0.25, -0.2) is 4.79 Å². The topological polar surface area (TPSA) is 86.7 Å². The van der Waals surface area contributed by atoms with E-state index in [0.717, 1.165) is 12.8 Å². The van der Waals surface area contributed by atoms with Gasteiger partial charge in [-0.15, -0.1) is 0 Å². The van der Waals surface area contributed by atoms with Gasteiger partial charge < -0.3 is 15.3 Å². The minimum Gasteiger partial charge on any atom is -0.480 e. The number of nitrogens with zero attached hydrogens (tertiary/aromatic N) is 1. The number of carbonyl (C=O) groups excluding carboxylic acids is 2. The molecule has 0 spiro atoms. The summed E-state index contributed by atoms with van der Waals surface area (Å²) in [6.07, 6.45) is 1.66. The SMILES string of the molecule is CCN(CC)C(=O)c1ccc(C(=O)NC(C(=O)O)C2CC2)cc1. The van der Waals surface area contributed by atoms with E-state index in [2.05, 4.69) is 5.32 Å². The molecule has 0 bridgehead atoms. The lowest BCUT2D eigenvalue weighted by atomic mass is 10.1. The number of hydrogen-bond acceptors (Lipinski definition) is 3. The third kappa shape index (κ3) is 4.09. The molecule has 6 nitrogen and oxygen atoms in total. The Hall–Kier alpha value is -2.37. The van der Waals surface area contributed by atoms with Crippen molar-refractivity contribution in [3.63, 3.8) is 0 Å². The summed E-state index contributed by atoms with van der Waals surface area (Å²) in [4.78, 5) is 37.2. The molecule has 1 unspecified atom stereocenters. The Balaban J connectivity index is 2.05. The predicted octanol–water partition coefficient (Wildman–Crippen LogP) is 1.76. The average molecular weight is 318 g/mol. The first-order valence-electron chi connectivity index (χ1n) is 7.90. The average Bonchev–Trinajstić information content (AvgIpc) is 3.38. The summed E-state index contributed by atoms with van der Waals surface area (Å²) in [6.45, 7) is 5.07. The van der Waals surface area contributed by atoms with Crippen molar-refractivity contribution in [3.8, 4) is 0 Å². The fraction of sp³-hybridized carbons (Fsp3) is 0.471. The van der Waals surface area contributed by atoms with E-state index in [1.165, 1.54) is 0 Å². The predicted molar refractivity (Wildman–Crippen MR) is 85.3 cm³/mol. The Kier molecular flexibility index (Phi) is 5.36. The van der Waals surface area contributed by atoms with E-state index in [1.54, 1.807) is 29.2 Å². The number of carboxylic acid groups (broad SMARTS) is 1. The molecule has 2 amide bonds. The minimum atomic E-state index is -1.01. The second-order valence-electron chi connectivity index (χ2n) is 5.68. The molecule has 0 heterocycles. The van der Waals surface area contributed by atoms with E-state index in [-0.39, 0.29) is 11.8 Å². The maximum atomic E-state index is 12.2. The van der Waals surface area contributed by atoms with Gasteiger partial charge in [-0.1, -0.05) is 0 Å². The normalized spacial score (nSPS) is 14.9. The van der Waals surface area contributed by atoms with Crippen molar-refractivity contribution in [2.24, 2.45) is 5.92 Å². The van der Waals surface area contributed by atoms with Crippen LogP contribution in [0.3, 0.4) is 0 Å². The number of nitrogens with one attached hydrogen (secondary N) is 1. The molecule has 0 saturated heterocycles. The third-order valence-electron chi connectivity index (χ3n) is 4.09. The van der Waals surface area contributed by atoms with Crippen LogP contribution in [0.4, 0.5) is 0 Å². The standard InChI is InChI=1S/C17H22N2O4/c1-3-19(4-2)16(21)13-9-7-12(8-10-13)15(20)18-14(17(22)23)11-5-6-11/h7-11,14H,3-6H2,1-2H3,(H,18,20)(H,22,23). The van der Waals surface area contributed by atoms with E-state index >= 15 is 0 Å². The highest BCUT2D eigenvalue weighted by Crippen LogP contribution is 2.32. The first-order chi connectivity index (χ1) is 11.0. The molecule has 124 valence electrons. The van der Waals surface area contributed by atoms with Gasteiger partial charge in [-0.05, 0) is 56.9 Å². The summed E-state index contributed by atoms with van der Waals surface area (Å²) in [5, 5.41) is 11.7. The van der Waals surface area contributed by atoms with Crippen molar-refractivity contribution in [2.75, 3.05) is 13.1 Å². The highest BCUT2D eigenvalue weighted by atomic mass is 16.4. The monoisotopic (exact) mass is 318 g/mol. The summed E-state index contributed by atoms with van der Waals surface area (Å²) in [7, 11) is 0. The van der Waals surface area contributed by atoms with Crippen LogP contribution in [0.1, 0.15) is 47.4 Å². The second kappa shape index (κ2) is 7.26. The molecule has 1 atom stereocenters. The second-order valence-corrected chi connectivity index (χ2v) is 5.68. The van der Waals surface area contributed by atoms with Crippen LogP contribution in [-0.2, 0) is 4.79 Å². The molecular formula is C17H22N2O4. The fourth-order valence-corrected chi connectivity index (χ4v) is 2.49. The fourth-order valence-electron chi connectivity index (χ4n) is 2.49. The van der Waals surface area contributed by atoms with Crippen LogP contribution in [0.15, 0.2) is 24.3 Å². The molecule has 23 heavy (non-hydrogen) atoms. The molecule has 0 aliphatic heterocycles. The Morgan fingerprint density at radius 3 is 2.09 bits per heavy atom. The van der Waals surface area contributed by atoms with Crippen molar-refractivity contribution < 1.29 is 19.5 Å². The van der Waals surface area contributed by atoms with E-state index < -0.39 is 17.9 Å². The molecular weight excluding hydrogens is 296 g/mol. The van der Waals surface area contributed by atoms with Crippen molar-refractivity contribution in [3.05, 3.63) is 35.4 Å². The quantitative estimate of drug-likeness (QED) is 0.802. The lowest BCUT2D eigenvalue weighted by molar-refractivity contribution is -0.139. The largest absolute Gasteiger partial charge is 0.480 e. The van der Waals surface area contributed by atoms with Crippen LogP contribution in [0.5, 0.6) is 0 Å². The lowest BCUT2D eigenvalue weighted by Gasteiger charge is -2.18. The summed E-state index contributed by atoms with van der Waals surface area (Å²) in [5.41, 5.74) is 0.871. The molecule has 0 aromatic heterocycles. The smallest absolute Gasteiger partial charge is 0.326 e. The minimum absolute atomic E-state index is 0.0277. The van der Waals surface area contributed by atoms with Gasteiger partial charge in [0.05, 0.1) is 0 Å². The summed E-state index contributed by atoms with van der Waals surface area (Å²) >= 11 is 0. The number of rotatable bonds is 7. The Morgan fingerprint density at radius 2 is 1.65 bits per heavy atom. The van der Waals surface area contributed by atoms with Gasteiger partial charge in [0.1, 0.15) is 6.04 Å². The molecule has 1 fully saturated rings. The molecule has 0 radical (unpaired) electrons. The van der Waals surface area contributed by atoms with E-state index in [1.807, 2.05) is 13.8 Å². The molecule has 2 rings (SSSR count). The Labute approximate surface area is 135 Å². The maximum absolute atomic E-state index is 12.2. The molecule has 2 N–H and O–H groups in total. The number of carboxylic acids is 1. The summed E-state index contributed by atoms with van der Waals surface area (Å²) < 4.78 is 0. The van der Waals surface area contributed by atoms with Crippen LogP contribution in [0.2, 0.25) is 0 Å². The van der Waals surface area contributed by atoms with Crippen molar-refractivity contribution in [2.45, 2.75) is 32.7 Å². The van der Waals surface area contributed by atoms with Crippen molar-refractivity contribution in [1.29, 1.82) is 0 Å². The number of amides is 2. The molecule has 1 aromatic carbocycles. The van der Waals surface area contributed by atoms with Crippen LogP contribution in [0, 0.1) is 5.92 Å². The molecule has 1 aromatic rings. The first kappa shape index (κ1) is 17.0. The zero-order valence-corrected chi connectivity index (χ0v) is 13.4. The number of benzene rings is 1. The van der Waals surface area contributed by atoms with Gasteiger partial charge in [0, 0.05) is 24.2 Å². The third-order valence-corrected chi connectivity index (χ3v) is 4.09. The molecule has 6 heteroatoms. The van der Waals surface area contributed by atoms with Gasteiger partial charge in [0.15, 0.2) is 0 Å². The number of aliphatic carboxylic acids is 1. The van der Waals surface area contributed by atoms with Crippen LogP contribution < -0.4 is 5.32 Å². The van der Waals surface area contributed by atoms with Crippen molar-refractivity contribution >= 4 is 17.8 Å². The molecule has 1 aliphatic carbocycles. The van der Waals surface area contributed by atoms with E-state index in [4.69, 9.17) is 5.11 Å². The molecule has 1 aliphatic rings. The lowest BCUT2D eigenvalue weighted by Crippen LogP contribution is -2.42. The van der Waals surface area contributed by atoms with Gasteiger partial charge in [0.2, 0.25) is 0 Å². The van der Waals surface area contributed by atoms with E-state index in [0.29, 0.717) is 24.2 Å². The molecule has 1 saturated carbocycles. The highest BCUT2D eigenvalue weighted by Gasteiger charge is 2.37. The van der Waals surface area contributed by atoms with Gasteiger partial charge >= 0.3 is 5.97 Å². The van der Waals surface area contributed by atoms with Gasteiger partial charge in [0.25, 0.3) is 11.8 Å².